The van der Waals surface area contributed by atoms with E-state index in [-0.39, 0.29) is 18.4 Å². The van der Waals surface area contributed by atoms with Crippen LogP contribution in [0.25, 0.3) is 0 Å². The molecule has 0 bridgehead atoms. The van der Waals surface area contributed by atoms with Gasteiger partial charge < -0.3 is 9.47 Å². The van der Waals surface area contributed by atoms with E-state index in [0.717, 1.165) is 0 Å². The number of nitrogens with zero attached hydrogens (tertiary/aromatic N) is 1. The Labute approximate surface area is 104 Å². The number of rotatable bonds is 2. The highest BCUT2D eigenvalue weighted by molar-refractivity contribution is 6.21. The van der Waals surface area contributed by atoms with Crippen LogP contribution in [0.15, 0.2) is 24.3 Å². The molecule has 18 heavy (non-hydrogen) atoms. The first kappa shape index (κ1) is 11.4. The minimum absolute atomic E-state index is 0.124. The Balaban J connectivity index is 1.88. The Morgan fingerprint density at radius 1 is 1.11 bits per heavy atom. The second kappa shape index (κ2) is 3.90. The maximum atomic E-state index is 12.1. The van der Waals surface area contributed by atoms with Crippen molar-refractivity contribution in [2.45, 2.75) is 12.7 Å². The Morgan fingerprint density at radius 3 is 2.11 bits per heavy atom. The monoisotopic (exact) mass is 247 g/mol. The van der Waals surface area contributed by atoms with Gasteiger partial charge in [-0.25, -0.2) is 0 Å². The Kier molecular flexibility index (Phi) is 2.46. The predicted molar refractivity (Wildman–Crippen MR) is 62.1 cm³/mol. The van der Waals surface area contributed by atoms with Crippen LogP contribution in [-0.2, 0) is 9.47 Å². The summed E-state index contributed by atoms with van der Waals surface area (Å²) in [5.74, 6) is -1.44. The van der Waals surface area contributed by atoms with Gasteiger partial charge in [-0.2, -0.15) is 0 Å². The SMILES string of the molecule is CC1(CN2C(=O)c3ccccc3C2=O)OCCO1. The van der Waals surface area contributed by atoms with Gasteiger partial charge in [0.2, 0.25) is 0 Å². The molecule has 0 saturated carbocycles. The van der Waals surface area contributed by atoms with Crippen molar-refractivity contribution in [1.29, 1.82) is 0 Å². The lowest BCUT2D eigenvalue weighted by Crippen LogP contribution is -2.44. The Hall–Kier alpha value is -1.72. The fraction of sp³-hybridized carbons (Fsp3) is 0.385. The summed E-state index contributed by atoms with van der Waals surface area (Å²) in [5, 5.41) is 0. The molecule has 2 aliphatic rings. The van der Waals surface area contributed by atoms with E-state index in [1.165, 1.54) is 4.90 Å². The van der Waals surface area contributed by atoms with E-state index in [1.807, 2.05) is 0 Å². The van der Waals surface area contributed by atoms with Crippen LogP contribution in [0.5, 0.6) is 0 Å². The molecule has 3 rings (SSSR count). The van der Waals surface area contributed by atoms with Crippen LogP contribution in [-0.4, -0.2) is 42.3 Å². The molecule has 5 heteroatoms. The van der Waals surface area contributed by atoms with Gasteiger partial charge in [-0.05, 0) is 19.1 Å². The quantitative estimate of drug-likeness (QED) is 0.733. The Morgan fingerprint density at radius 2 is 1.61 bits per heavy atom. The lowest BCUT2D eigenvalue weighted by molar-refractivity contribution is -0.147. The van der Waals surface area contributed by atoms with E-state index < -0.39 is 5.79 Å². The van der Waals surface area contributed by atoms with Gasteiger partial charge in [0.1, 0.15) is 0 Å². The molecule has 0 N–H and O–H groups in total. The normalized spacial score (nSPS) is 21.5. The van der Waals surface area contributed by atoms with Crippen molar-refractivity contribution in [3.8, 4) is 0 Å². The van der Waals surface area contributed by atoms with Crippen LogP contribution in [0.3, 0.4) is 0 Å². The molecule has 1 aromatic rings. The van der Waals surface area contributed by atoms with Crippen LogP contribution < -0.4 is 0 Å². The second-order valence-corrected chi connectivity index (χ2v) is 4.57. The first-order chi connectivity index (χ1) is 8.61. The molecular weight excluding hydrogens is 234 g/mol. The summed E-state index contributed by atoms with van der Waals surface area (Å²) < 4.78 is 10.9. The molecule has 0 unspecified atom stereocenters. The molecule has 0 radical (unpaired) electrons. The molecule has 1 fully saturated rings. The average molecular weight is 247 g/mol. The zero-order valence-corrected chi connectivity index (χ0v) is 10.0. The highest BCUT2D eigenvalue weighted by atomic mass is 16.7. The molecule has 0 aliphatic carbocycles. The first-order valence-corrected chi connectivity index (χ1v) is 5.84. The number of carbonyl (C=O) groups is 2. The number of imide groups is 1. The van der Waals surface area contributed by atoms with Crippen molar-refractivity contribution < 1.29 is 19.1 Å². The molecule has 2 aliphatic heterocycles. The minimum atomic E-state index is -0.882. The van der Waals surface area contributed by atoms with Crippen molar-refractivity contribution >= 4 is 11.8 Å². The first-order valence-electron chi connectivity index (χ1n) is 5.84. The zero-order chi connectivity index (χ0) is 12.8. The summed E-state index contributed by atoms with van der Waals surface area (Å²) in [6.07, 6.45) is 0. The van der Waals surface area contributed by atoms with Crippen molar-refractivity contribution in [2.75, 3.05) is 19.8 Å². The minimum Gasteiger partial charge on any atom is -0.346 e. The van der Waals surface area contributed by atoms with Gasteiger partial charge in [-0.3, -0.25) is 14.5 Å². The fourth-order valence-electron chi connectivity index (χ4n) is 2.32. The maximum absolute atomic E-state index is 12.1. The third kappa shape index (κ3) is 1.63. The summed E-state index contributed by atoms with van der Waals surface area (Å²) in [6.45, 7) is 2.84. The summed E-state index contributed by atoms with van der Waals surface area (Å²) in [5.41, 5.74) is 0.896. The van der Waals surface area contributed by atoms with Crippen LogP contribution >= 0.6 is 0 Å². The summed E-state index contributed by atoms with van der Waals surface area (Å²) in [7, 11) is 0. The number of ether oxygens (including phenoxy) is 2. The van der Waals surface area contributed by atoms with Crippen molar-refractivity contribution in [3.05, 3.63) is 35.4 Å². The molecule has 94 valence electrons. The molecular formula is C13H13NO4. The Bertz CT molecular complexity index is 484. The highest BCUT2D eigenvalue weighted by Crippen LogP contribution is 2.27. The van der Waals surface area contributed by atoms with Gasteiger partial charge in [0.15, 0.2) is 5.79 Å². The molecule has 1 saturated heterocycles. The molecule has 2 amide bonds. The molecule has 0 atom stereocenters. The zero-order valence-electron chi connectivity index (χ0n) is 10.0. The van der Waals surface area contributed by atoms with Crippen molar-refractivity contribution in [1.82, 2.24) is 4.90 Å². The smallest absolute Gasteiger partial charge is 0.261 e. The third-order valence-corrected chi connectivity index (χ3v) is 3.22. The molecule has 1 aromatic carbocycles. The van der Waals surface area contributed by atoms with Gasteiger partial charge in [0.05, 0.1) is 30.9 Å². The van der Waals surface area contributed by atoms with Gasteiger partial charge >= 0.3 is 0 Å². The van der Waals surface area contributed by atoms with Crippen molar-refractivity contribution in [2.24, 2.45) is 0 Å². The largest absolute Gasteiger partial charge is 0.346 e. The number of carbonyl (C=O) groups excluding carboxylic acids is 2. The van der Waals surface area contributed by atoms with Crippen molar-refractivity contribution in [3.63, 3.8) is 0 Å². The number of hydrogen-bond donors (Lipinski definition) is 0. The number of amides is 2. The van der Waals surface area contributed by atoms with Crippen LogP contribution in [0.1, 0.15) is 27.6 Å². The number of hydrogen-bond acceptors (Lipinski definition) is 4. The van der Waals surface area contributed by atoms with E-state index in [9.17, 15) is 9.59 Å². The van der Waals surface area contributed by atoms with Gasteiger partial charge in [-0.15, -0.1) is 0 Å². The molecule has 0 aromatic heterocycles. The number of benzene rings is 1. The van der Waals surface area contributed by atoms with Crippen LogP contribution in [0.4, 0.5) is 0 Å². The lowest BCUT2D eigenvalue weighted by atomic mass is 10.1. The van der Waals surface area contributed by atoms with E-state index in [2.05, 4.69) is 0 Å². The molecule has 5 nitrogen and oxygen atoms in total. The van der Waals surface area contributed by atoms with E-state index in [4.69, 9.17) is 9.47 Å². The van der Waals surface area contributed by atoms with Crippen LogP contribution in [0, 0.1) is 0 Å². The lowest BCUT2D eigenvalue weighted by Gasteiger charge is -2.26. The van der Waals surface area contributed by atoms with E-state index >= 15 is 0 Å². The summed E-state index contributed by atoms with van der Waals surface area (Å²) in [6, 6.07) is 6.82. The number of fused-ring (bicyclic) bond motifs is 1. The fourth-order valence-corrected chi connectivity index (χ4v) is 2.32. The summed E-state index contributed by atoms with van der Waals surface area (Å²) >= 11 is 0. The maximum Gasteiger partial charge on any atom is 0.261 e. The molecule has 0 spiro atoms. The van der Waals surface area contributed by atoms with Gasteiger partial charge in [-0.1, -0.05) is 12.1 Å². The van der Waals surface area contributed by atoms with E-state index in [0.29, 0.717) is 24.3 Å². The second-order valence-electron chi connectivity index (χ2n) is 4.57. The van der Waals surface area contributed by atoms with Crippen LogP contribution in [0.2, 0.25) is 0 Å². The van der Waals surface area contributed by atoms with Gasteiger partial charge in [0.25, 0.3) is 11.8 Å². The topological polar surface area (TPSA) is 55.8 Å². The average Bonchev–Trinajstić information content (AvgIpc) is 2.89. The predicted octanol–water partition coefficient (Wildman–Crippen LogP) is 1.05. The third-order valence-electron chi connectivity index (χ3n) is 3.22. The standard InChI is InChI=1S/C13H13NO4/c1-13(17-6-7-18-13)8-14-11(15)9-4-2-3-5-10(9)12(14)16/h2-5H,6-8H2,1H3. The molecule has 2 heterocycles. The highest BCUT2D eigenvalue weighted by Gasteiger charge is 2.42. The van der Waals surface area contributed by atoms with Gasteiger partial charge in [0, 0.05) is 0 Å². The van der Waals surface area contributed by atoms with E-state index in [1.54, 1.807) is 31.2 Å². The summed E-state index contributed by atoms with van der Waals surface area (Å²) in [4.78, 5) is 25.5.